The van der Waals surface area contributed by atoms with Crippen molar-refractivity contribution >= 4 is 40.6 Å². The van der Waals surface area contributed by atoms with Gasteiger partial charge in [-0.3, -0.25) is 24.1 Å². The van der Waals surface area contributed by atoms with Gasteiger partial charge in [0.15, 0.2) is 0 Å². The van der Waals surface area contributed by atoms with E-state index in [9.17, 15) is 19.2 Å². The van der Waals surface area contributed by atoms with Crippen molar-refractivity contribution in [1.82, 2.24) is 4.90 Å². The molecular weight excluding hydrogens is 556 g/mol. The average molecular weight is 589 g/mol. The monoisotopic (exact) mass is 588 g/mol. The van der Waals surface area contributed by atoms with Crippen LogP contribution in [0.1, 0.15) is 27.5 Å². The number of amides is 3. The van der Waals surface area contributed by atoms with E-state index in [1.165, 1.54) is 9.80 Å². The van der Waals surface area contributed by atoms with Crippen LogP contribution >= 0.6 is 0 Å². The Labute approximate surface area is 255 Å². The van der Waals surface area contributed by atoms with Gasteiger partial charge in [0.25, 0.3) is 17.6 Å². The maximum atomic E-state index is 14.2. The molecule has 1 fully saturated rings. The van der Waals surface area contributed by atoms with Crippen molar-refractivity contribution in [3.63, 3.8) is 0 Å². The highest BCUT2D eigenvalue weighted by atomic mass is 16.5. The number of hydrogen-bond acceptors (Lipinski definition) is 6. The molecule has 3 amide bonds. The first kappa shape index (κ1) is 28.8. The van der Waals surface area contributed by atoms with Gasteiger partial charge in [0.2, 0.25) is 5.91 Å². The number of carbonyl (C=O) groups excluding carboxylic acids is 4. The Morgan fingerprint density at radius 2 is 1.43 bits per heavy atom. The number of benzene rings is 4. The summed E-state index contributed by atoms with van der Waals surface area (Å²) >= 11 is 0. The third-order valence-electron chi connectivity index (χ3n) is 7.87. The van der Waals surface area contributed by atoms with E-state index >= 15 is 0 Å². The van der Waals surface area contributed by atoms with Gasteiger partial charge in [-0.1, -0.05) is 72.8 Å². The van der Waals surface area contributed by atoms with Crippen LogP contribution in [0.15, 0.2) is 109 Å². The van der Waals surface area contributed by atoms with E-state index in [-0.39, 0.29) is 18.7 Å². The fourth-order valence-corrected chi connectivity index (χ4v) is 5.63. The number of ether oxygens (including phenoxy) is 1. The van der Waals surface area contributed by atoms with E-state index in [0.29, 0.717) is 30.2 Å². The van der Waals surface area contributed by atoms with Crippen LogP contribution in [0.5, 0.6) is 0 Å². The number of hydrogen-bond donors (Lipinski definition) is 1. The first-order valence-corrected chi connectivity index (χ1v) is 14.6. The molecule has 2 heterocycles. The largest absolute Gasteiger partial charge is 0.378 e. The Balaban J connectivity index is 1.31. The molecule has 0 bridgehead atoms. The smallest absolute Gasteiger partial charge is 0.299 e. The molecule has 0 aromatic heterocycles. The SMILES string of the molecule is O=C1C(=O)N(CC(=O)N(Cc2ccccc2)C(C(=O)Nc2ccc(N3CCOCC3)cc2)c2ccccc2)c2ccccc21. The number of fused-ring (bicyclic) bond motifs is 1. The zero-order valence-electron chi connectivity index (χ0n) is 24.1. The summed E-state index contributed by atoms with van der Waals surface area (Å²) in [7, 11) is 0. The molecule has 4 aromatic rings. The molecule has 1 atom stereocenters. The second-order valence-corrected chi connectivity index (χ2v) is 10.7. The molecule has 222 valence electrons. The number of para-hydroxylation sites is 1. The van der Waals surface area contributed by atoms with E-state index < -0.39 is 29.5 Å². The van der Waals surface area contributed by atoms with Crippen molar-refractivity contribution < 1.29 is 23.9 Å². The fourth-order valence-electron chi connectivity index (χ4n) is 5.63. The number of carbonyl (C=O) groups is 4. The van der Waals surface area contributed by atoms with Gasteiger partial charge in [0, 0.05) is 31.0 Å². The van der Waals surface area contributed by atoms with Gasteiger partial charge in [-0.25, -0.2) is 0 Å². The summed E-state index contributed by atoms with van der Waals surface area (Å²) < 4.78 is 5.45. The Morgan fingerprint density at radius 3 is 2.14 bits per heavy atom. The number of rotatable bonds is 9. The standard InChI is InChI=1S/C35H32N4O5/c40-31(24-38-30-14-8-7-13-29(30)33(41)35(38)43)39(23-25-9-3-1-4-10-25)32(26-11-5-2-6-12-26)34(42)36-27-15-17-28(18-16-27)37-19-21-44-22-20-37/h1-18,32H,19-24H2,(H,36,42). The first-order chi connectivity index (χ1) is 21.5. The molecule has 1 saturated heterocycles. The Bertz CT molecular complexity index is 1650. The molecule has 4 aromatic carbocycles. The number of ketones is 1. The van der Waals surface area contributed by atoms with Crippen LogP contribution in [0.4, 0.5) is 17.1 Å². The van der Waals surface area contributed by atoms with Crippen LogP contribution in [0.3, 0.4) is 0 Å². The topological polar surface area (TPSA) is 99.3 Å². The van der Waals surface area contributed by atoms with Crippen molar-refractivity contribution in [2.75, 3.05) is 48.0 Å². The highest BCUT2D eigenvalue weighted by molar-refractivity contribution is 6.52. The van der Waals surface area contributed by atoms with Gasteiger partial charge in [0.05, 0.1) is 24.5 Å². The zero-order chi connectivity index (χ0) is 30.5. The molecule has 6 rings (SSSR count). The molecule has 2 aliphatic rings. The molecule has 2 aliphatic heterocycles. The lowest BCUT2D eigenvalue weighted by Crippen LogP contribution is -2.46. The lowest BCUT2D eigenvalue weighted by molar-refractivity contribution is -0.139. The zero-order valence-corrected chi connectivity index (χ0v) is 24.1. The normalized spacial score (nSPS) is 15.1. The fraction of sp³-hybridized carbons (Fsp3) is 0.200. The predicted octanol–water partition coefficient (Wildman–Crippen LogP) is 4.46. The lowest BCUT2D eigenvalue weighted by atomic mass is 10.0. The maximum absolute atomic E-state index is 14.2. The summed E-state index contributed by atoms with van der Waals surface area (Å²) in [4.78, 5) is 58.8. The van der Waals surface area contributed by atoms with Crippen LogP contribution in [0.25, 0.3) is 0 Å². The summed E-state index contributed by atoms with van der Waals surface area (Å²) in [6.07, 6.45) is 0. The minimum absolute atomic E-state index is 0.111. The molecule has 44 heavy (non-hydrogen) atoms. The second kappa shape index (κ2) is 12.9. The summed E-state index contributed by atoms with van der Waals surface area (Å²) in [6, 6.07) is 31.7. The maximum Gasteiger partial charge on any atom is 0.299 e. The highest BCUT2D eigenvalue weighted by Crippen LogP contribution is 2.31. The van der Waals surface area contributed by atoms with Crippen molar-refractivity contribution in [3.05, 3.63) is 126 Å². The van der Waals surface area contributed by atoms with E-state index in [0.717, 1.165) is 24.3 Å². The minimum atomic E-state index is -1.02. The molecular formula is C35H32N4O5. The number of nitrogens with zero attached hydrogens (tertiary/aromatic N) is 3. The van der Waals surface area contributed by atoms with Gasteiger partial charge in [0.1, 0.15) is 12.6 Å². The Hall–Kier alpha value is -5.28. The summed E-state index contributed by atoms with van der Waals surface area (Å²) in [5.74, 6) is -2.29. The quantitative estimate of drug-likeness (QED) is 0.290. The molecule has 0 spiro atoms. The summed E-state index contributed by atoms with van der Waals surface area (Å²) in [5.41, 5.74) is 3.71. The van der Waals surface area contributed by atoms with Crippen LogP contribution < -0.4 is 15.1 Å². The predicted molar refractivity (Wildman–Crippen MR) is 167 cm³/mol. The molecule has 0 aliphatic carbocycles. The van der Waals surface area contributed by atoms with E-state index in [1.807, 2.05) is 72.8 Å². The van der Waals surface area contributed by atoms with Gasteiger partial charge in [-0.2, -0.15) is 0 Å². The van der Waals surface area contributed by atoms with Crippen LogP contribution in [-0.4, -0.2) is 61.3 Å². The molecule has 0 radical (unpaired) electrons. The van der Waals surface area contributed by atoms with Crippen LogP contribution in [-0.2, 0) is 25.7 Å². The second-order valence-electron chi connectivity index (χ2n) is 10.7. The van der Waals surface area contributed by atoms with Crippen molar-refractivity contribution in [2.45, 2.75) is 12.6 Å². The highest BCUT2D eigenvalue weighted by Gasteiger charge is 2.39. The molecule has 1 N–H and O–H groups in total. The summed E-state index contributed by atoms with van der Waals surface area (Å²) in [6.45, 7) is 2.66. The summed E-state index contributed by atoms with van der Waals surface area (Å²) in [5, 5.41) is 3.01. The number of Topliss-reactive ketones (excluding diaryl/α,β-unsaturated/α-hetero) is 1. The Morgan fingerprint density at radius 1 is 0.795 bits per heavy atom. The van der Waals surface area contributed by atoms with E-state index in [4.69, 9.17) is 4.74 Å². The van der Waals surface area contributed by atoms with Gasteiger partial charge in [-0.15, -0.1) is 0 Å². The van der Waals surface area contributed by atoms with Gasteiger partial charge in [-0.05, 0) is 47.5 Å². The van der Waals surface area contributed by atoms with E-state index in [2.05, 4.69) is 10.2 Å². The van der Waals surface area contributed by atoms with Crippen molar-refractivity contribution in [1.29, 1.82) is 0 Å². The minimum Gasteiger partial charge on any atom is -0.378 e. The first-order valence-electron chi connectivity index (χ1n) is 14.6. The van der Waals surface area contributed by atoms with Crippen LogP contribution in [0, 0.1) is 0 Å². The number of nitrogens with one attached hydrogen (secondary N) is 1. The van der Waals surface area contributed by atoms with E-state index in [1.54, 1.807) is 36.4 Å². The third-order valence-corrected chi connectivity index (χ3v) is 7.87. The van der Waals surface area contributed by atoms with Crippen LogP contribution in [0.2, 0.25) is 0 Å². The third kappa shape index (κ3) is 6.09. The van der Waals surface area contributed by atoms with Gasteiger partial charge >= 0.3 is 0 Å². The van der Waals surface area contributed by atoms with Gasteiger partial charge < -0.3 is 19.9 Å². The molecule has 0 saturated carbocycles. The number of anilines is 3. The van der Waals surface area contributed by atoms with Crippen molar-refractivity contribution in [3.8, 4) is 0 Å². The lowest BCUT2D eigenvalue weighted by Gasteiger charge is -2.33. The van der Waals surface area contributed by atoms with Crippen molar-refractivity contribution in [2.24, 2.45) is 0 Å². The molecule has 1 unspecified atom stereocenters. The Kier molecular flexibility index (Phi) is 8.47. The molecule has 9 heteroatoms. The number of morpholine rings is 1. The average Bonchev–Trinajstić information content (AvgIpc) is 3.31. The molecule has 9 nitrogen and oxygen atoms in total.